The third-order valence-corrected chi connectivity index (χ3v) is 3.72. The number of ether oxygens (including phenoxy) is 1. The predicted octanol–water partition coefficient (Wildman–Crippen LogP) is -1.71. The van der Waals surface area contributed by atoms with E-state index in [-0.39, 0.29) is 24.3 Å². The molecule has 1 saturated heterocycles. The number of aryl methyl sites for hydroxylation is 1. The van der Waals surface area contributed by atoms with Gasteiger partial charge in [0.05, 0.1) is 31.6 Å². The lowest BCUT2D eigenvalue weighted by Gasteiger charge is -2.19. The molecule has 9 nitrogen and oxygen atoms in total. The summed E-state index contributed by atoms with van der Waals surface area (Å²) < 4.78 is 7.07. The molecule has 0 radical (unpaired) electrons. The van der Waals surface area contributed by atoms with Crippen LogP contribution in [0.4, 0.5) is 0 Å². The summed E-state index contributed by atoms with van der Waals surface area (Å²) in [6.07, 6.45) is -1.18. The van der Waals surface area contributed by atoms with Gasteiger partial charge in [0.2, 0.25) is 0 Å². The molecule has 1 aliphatic rings. The van der Waals surface area contributed by atoms with E-state index in [2.05, 4.69) is 15.0 Å². The van der Waals surface area contributed by atoms with E-state index >= 15 is 0 Å². The number of fused-ring (bicyclic) bond motifs is 1. The highest BCUT2D eigenvalue weighted by Crippen LogP contribution is 2.35. The topological polar surface area (TPSA) is 133 Å². The Bertz CT molecular complexity index is 711. The number of nitrogens with zero attached hydrogens (tertiary/aromatic N) is 3. The standard InChI is InChI=1S/C12H16N4O5/c1-5-14-10-8(11(20)15-5)13-4-16(10)12-6(2-17)9(19)7(3-18)21-12/h4,6-7,9,12,17-19H,2-3H2,1H3,(H,14,15,20)/t6-,7-,9?,12-/m1/s1. The predicted molar refractivity (Wildman–Crippen MR) is 70.5 cm³/mol. The van der Waals surface area contributed by atoms with Crippen molar-refractivity contribution in [3.05, 3.63) is 22.5 Å². The molecule has 0 bridgehead atoms. The van der Waals surface area contributed by atoms with Gasteiger partial charge in [0.1, 0.15) is 18.2 Å². The molecule has 1 fully saturated rings. The van der Waals surface area contributed by atoms with Crippen molar-refractivity contribution in [3.63, 3.8) is 0 Å². The normalized spacial score (nSPS) is 29.3. The average molecular weight is 296 g/mol. The minimum atomic E-state index is -1.01. The van der Waals surface area contributed by atoms with Crippen molar-refractivity contribution < 1.29 is 20.1 Å². The summed E-state index contributed by atoms with van der Waals surface area (Å²) in [5.74, 6) is -0.215. The summed E-state index contributed by atoms with van der Waals surface area (Å²) in [6.45, 7) is 0.945. The Kier molecular flexibility index (Phi) is 3.49. The Morgan fingerprint density at radius 2 is 2.19 bits per heavy atom. The maximum absolute atomic E-state index is 11.8. The van der Waals surface area contributed by atoms with E-state index < -0.39 is 24.4 Å². The van der Waals surface area contributed by atoms with Crippen LogP contribution in [0, 0.1) is 12.8 Å². The molecule has 9 heteroatoms. The summed E-state index contributed by atoms with van der Waals surface area (Å²) in [6, 6.07) is 0. The van der Waals surface area contributed by atoms with Crippen molar-refractivity contribution in [1.82, 2.24) is 19.5 Å². The van der Waals surface area contributed by atoms with E-state index in [9.17, 15) is 20.1 Å². The summed E-state index contributed by atoms with van der Waals surface area (Å²) in [5.41, 5.74) is 0.0994. The van der Waals surface area contributed by atoms with Gasteiger partial charge in [-0.2, -0.15) is 0 Å². The molecular formula is C12H16N4O5. The van der Waals surface area contributed by atoms with Crippen molar-refractivity contribution in [1.29, 1.82) is 0 Å². The molecule has 0 amide bonds. The molecule has 2 aromatic rings. The van der Waals surface area contributed by atoms with Crippen LogP contribution in [0.15, 0.2) is 11.1 Å². The number of rotatable bonds is 3. The van der Waals surface area contributed by atoms with Crippen LogP contribution in [0.5, 0.6) is 0 Å². The molecule has 21 heavy (non-hydrogen) atoms. The zero-order valence-electron chi connectivity index (χ0n) is 11.3. The lowest BCUT2D eigenvalue weighted by Crippen LogP contribution is -2.31. The fraction of sp³-hybridized carbons (Fsp3) is 0.583. The van der Waals surface area contributed by atoms with Gasteiger partial charge in [-0.25, -0.2) is 9.97 Å². The van der Waals surface area contributed by atoms with Crippen molar-refractivity contribution in [3.8, 4) is 0 Å². The smallest absolute Gasteiger partial charge is 0.279 e. The van der Waals surface area contributed by atoms with E-state index in [0.29, 0.717) is 11.5 Å². The molecule has 0 spiro atoms. The second-order valence-corrected chi connectivity index (χ2v) is 5.06. The van der Waals surface area contributed by atoms with Crippen LogP contribution in [0.2, 0.25) is 0 Å². The Morgan fingerprint density at radius 1 is 1.43 bits per heavy atom. The van der Waals surface area contributed by atoms with Gasteiger partial charge in [-0.15, -0.1) is 0 Å². The van der Waals surface area contributed by atoms with Gasteiger partial charge in [0.25, 0.3) is 5.56 Å². The highest BCUT2D eigenvalue weighted by atomic mass is 16.5. The molecule has 0 aliphatic carbocycles. The van der Waals surface area contributed by atoms with Gasteiger partial charge in [-0.05, 0) is 6.92 Å². The third kappa shape index (κ3) is 2.14. The molecular weight excluding hydrogens is 280 g/mol. The zero-order valence-corrected chi connectivity index (χ0v) is 11.3. The number of nitrogens with one attached hydrogen (secondary N) is 1. The number of H-pyrrole nitrogens is 1. The minimum absolute atomic E-state index is 0.155. The van der Waals surface area contributed by atoms with Crippen molar-refractivity contribution in [2.24, 2.45) is 5.92 Å². The fourth-order valence-corrected chi connectivity index (χ4v) is 2.65. The van der Waals surface area contributed by atoms with Crippen LogP contribution in [0.3, 0.4) is 0 Å². The van der Waals surface area contributed by atoms with Crippen molar-refractivity contribution >= 4 is 11.2 Å². The Balaban J connectivity index is 2.10. The lowest BCUT2D eigenvalue weighted by atomic mass is 10.0. The number of hydrogen-bond acceptors (Lipinski definition) is 7. The molecule has 114 valence electrons. The summed E-state index contributed by atoms with van der Waals surface area (Å²) in [5, 5.41) is 28.7. The summed E-state index contributed by atoms with van der Waals surface area (Å²) >= 11 is 0. The van der Waals surface area contributed by atoms with Gasteiger partial charge < -0.3 is 25.0 Å². The first-order chi connectivity index (χ1) is 10.1. The largest absolute Gasteiger partial charge is 0.396 e. The number of imidazole rings is 1. The van der Waals surface area contributed by atoms with Gasteiger partial charge >= 0.3 is 0 Å². The van der Waals surface area contributed by atoms with E-state index in [1.54, 1.807) is 6.92 Å². The Hall–Kier alpha value is -1.81. The molecule has 1 aliphatic heterocycles. The number of aromatic amines is 1. The molecule has 3 heterocycles. The SMILES string of the molecule is Cc1nc2c(ncn2[C@@H]2O[C@H](CO)C(O)[C@H]2CO)c(=O)[nH]1. The third-order valence-electron chi connectivity index (χ3n) is 3.72. The van der Waals surface area contributed by atoms with Gasteiger partial charge in [-0.1, -0.05) is 0 Å². The van der Waals surface area contributed by atoms with Crippen LogP contribution < -0.4 is 5.56 Å². The summed E-state index contributed by atoms with van der Waals surface area (Å²) in [7, 11) is 0. The number of hydrogen-bond donors (Lipinski definition) is 4. The quantitative estimate of drug-likeness (QED) is 0.529. The van der Waals surface area contributed by atoms with E-state index in [0.717, 1.165) is 0 Å². The average Bonchev–Trinajstić information content (AvgIpc) is 2.99. The van der Waals surface area contributed by atoms with Gasteiger partial charge in [0, 0.05) is 0 Å². The number of aliphatic hydroxyl groups excluding tert-OH is 3. The molecule has 4 N–H and O–H groups in total. The molecule has 1 unspecified atom stereocenters. The second-order valence-electron chi connectivity index (χ2n) is 5.06. The van der Waals surface area contributed by atoms with E-state index in [1.165, 1.54) is 10.9 Å². The van der Waals surface area contributed by atoms with E-state index in [4.69, 9.17) is 4.74 Å². The molecule has 4 atom stereocenters. The van der Waals surface area contributed by atoms with Crippen molar-refractivity contribution in [2.45, 2.75) is 25.4 Å². The second kappa shape index (κ2) is 5.19. The maximum Gasteiger partial charge on any atom is 0.279 e. The highest BCUT2D eigenvalue weighted by molar-refractivity contribution is 5.69. The Morgan fingerprint density at radius 3 is 2.86 bits per heavy atom. The highest BCUT2D eigenvalue weighted by Gasteiger charge is 2.44. The van der Waals surface area contributed by atoms with Crippen LogP contribution in [0.1, 0.15) is 12.1 Å². The Labute approximate surface area is 118 Å². The van der Waals surface area contributed by atoms with Gasteiger partial charge in [0.15, 0.2) is 11.2 Å². The lowest BCUT2D eigenvalue weighted by molar-refractivity contribution is -0.0463. The van der Waals surface area contributed by atoms with Crippen LogP contribution in [-0.4, -0.2) is 60.3 Å². The first kappa shape index (κ1) is 14.1. The maximum atomic E-state index is 11.8. The van der Waals surface area contributed by atoms with E-state index in [1.807, 2.05) is 0 Å². The molecule has 3 rings (SSSR count). The van der Waals surface area contributed by atoms with Crippen molar-refractivity contribution in [2.75, 3.05) is 13.2 Å². The van der Waals surface area contributed by atoms with Crippen LogP contribution in [0.25, 0.3) is 11.2 Å². The van der Waals surface area contributed by atoms with Crippen LogP contribution in [-0.2, 0) is 4.74 Å². The number of aromatic nitrogens is 4. The zero-order chi connectivity index (χ0) is 15.1. The monoisotopic (exact) mass is 296 g/mol. The molecule has 0 aromatic carbocycles. The summed E-state index contributed by atoms with van der Waals surface area (Å²) in [4.78, 5) is 22.6. The first-order valence-electron chi connectivity index (χ1n) is 6.55. The fourth-order valence-electron chi connectivity index (χ4n) is 2.65. The number of aliphatic hydroxyl groups is 3. The van der Waals surface area contributed by atoms with Crippen LogP contribution >= 0.6 is 0 Å². The molecule has 0 saturated carbocycles. The molecule has 2 aromatic heterocycles. The van der Waals surface area contributed by atoms with Gasteiger partial charge in [-0.3, -0.25) is 9.36 Å². The first-order valence-corrected chi connectivity index (χ1v) is 6.55. The minimum Gasteiger partial charge on any atom is -0.396 e.